The summed E-state index contributed by atoms with van der Waals surface area (Å²) >= 11 is 0. The summed E-state index contributed by atoms with van der Waals surface area (Å²) in [6, 6.07) is 9.87. The Bertz CT molecular complexity index is 1260. The fraction of sp³-hybridized carbons (Fsp3) is 0.429. The summed E-state index contributed by atoms with van der Waals surface area (Å²) in [5.74, 6) is 0.662. The molecule has 4 rings (SSSR count). The van der Waals surface area contributed by atoms with Gasteiger partial charge in [0.25, 0.3) is 0 Å². The van der Waals surface area contributed by atoms with Crippen LogP contribution in [0, 0.1) is 17.1 Å². The van der Waals surface area contributed by atoms with E-state index in [0.29, 0.717) is 16.9 Å². The SMILES string of the molecule is CCc1cc2c(c(F)c1CCCCN(C)CC)N(C(C)C)c1[nH]c3cc(C#N)ccc3c1C=N2. The second kappa shape index (κ2) is 9.99. The van der Waals surface area contributed by atoms with Crippen molar-refractivity contribution in [2.45, 2.75) is 59.4 Å². The number of anilines is 2. The van der Waals surface area contributed by atoms with Gasteiger partial charge in [-0.3, -0.25) is 4.99 Å². The molecule has 178 valence electrons. The molecule has 2 heterocycles. The monoisotopic (exact) mass is 459 g/mol. The zero-order valence-corrected chi connectivity index (χ0v) is 20.9. The number of H-pyrrole nitrogens is 1. The van der Waals surface area contributed by atoms with E-state index in [0.717, 1.165) is 72.2 Å². The standard InChI is InChI=1S/C28H34FN5/c1-6-20-15-25-27(26(29)21(20)10-8-9-13-33(5)7-2)34(18(3)4)28-23(17-31-25)22-12-11-19(16-30)14-24(22)32-28/h11-12,14-15,17-18,32H,6-10,13H2,1-5H3. The first-order chi connectivity index (χ1) is 16.4. The van der Waals surface area contributed by atoms with Crippen molar-refractivity contribution >= 4 is 34.3 Å². The number of aromatic amines is 1. The summed E-state index contributed by atoms with van der Waals surface area (Å²) in [6.45, 7) is 10.4. The van der Waals surface area contributed by atoms with Crippen LogP contribution in [0.5, 0.6) is 0 Å². The molecule has 0 spiro atoms. The number of hydrogen-bond donors (Lipinski definition) is 1. The Labute approximate surface area is 201 Å². The van der Waals surface area contributed by atoms with Crippen molar-refractivity contribution < 1.29 is 4.39 Å². The molecule has 0 atom stereocenters. The van der Waals surface area contributed by atoms with Gasteiger partial charge in [-0.2, -0.15) is 5.26 Å². The number of fused-ring (bicyclic) bond motifs is 4. The molecule has 0 radical (unpaired) electrons. The Morgan fingerprint density at radius 1 is 1.21 bits per heavy atom. The summed E-state index contributed by atoms with van der Waals surface area (Å²) in [7, 11) is 2.12. The highest BCUT2D eigenvalue weighted by molar-refractivity contribution is 6.08. The molecule has 0 aliphatic carbocycles. The number of nitriles is 1. The van der Waals surface area contributed by atoms with Gasteiger partial charge in [0, 0.05) is 28.7 Å². The second-order valence-electron chi connectivity index (χ2n) is 9.38. The Kier molecular flexibility index (Phi) is 7.04. The van der Waals surface area contributed by atoms with Gasteiger partial charge in [0.15, 0.2) is 5.82 Å². The van der Waals surface area contributed by atoms with Gasteiger partial charge in [-0.15, -0.1) is 0 Å². The molecular weight excluding hydrogens is 425 g/mol. The first kappa shape index (κ1) is 24.0. The molecule has 0 fully saturated rings. The molecule has 0 saturated heterocycles. The van der Waals surface area contributed by atoms with E-state index in [1.807, 2.05) is 29.3 Å². The third-order valence-electron chi connectivity index (χ3n) is 6.83. The number of aliphatic imine (C=N–C) groups is 1. The second-order valence-corrected chi connectivity index (χ2v) is 9.38. The van der Waals surface area contributed by atoms with Crippen LogP contribution in [0.3, 0.4) is 0 Å². The minimum absolute atomic E-state index is 0.00993. The number of nitrogens with one attached hydrogen (secondary N) is 1. The molecule has 5 nitrogen and oxygen atoms in total. The average molecular weight is 460 g/mol. The van der Waals surface area contributed by atoms with Crippen molar-refractivity contribution in [2.75, 3.05) is 25.0 Å². The highest BCUT2D eigenvalue weighted by Gasteiger charge is 2.29. The molecule has 3 aromatic rings. The number of nitrogens with zero attached hydrogens (tertiary/aromatic N) is 4. The highest BCUT2D eigenvalue weighted by atomic mass is 19.1. The molecule has 0 saturated carbocycles. The van der Waals surface area contributed by atoms with Crippen molar-refractivity contribution in [2.24, 2.45) is 4.99 Å². The fourth-order valence-corrected chi connectivity index (χ4v) is 4.83. The Balaban J connectivity index is 1.81. The third kappa shape index (κ3) is 4.33. The van der Waals surface area contributed by atoms with Crippen molar-refractivity contribution in [3.63, 3.8) is 0 Å². The van der Waals surface area contributed by atoms with E-state index in [4.69, 9.17) is 4.99 Å². The highest BCUT2D eigenvalue weighted by Crippen LogP contribution is 2.45. The molecule has 34 heavy (non-hydrogen) atoms. The molecule has 0 amide bonds. The molecule has 0 bridgehead atoms. The largest absolute Gasteiger partial charge is 0.341 e. The van der Waals surface area contributed by atoms with Gasteiger partial charge in [-0.25, -0.2) is 4.39 Å². The van der Waals surface area contributed by atoms with Gasteiger partial charge in [0.1, 0.15) is 11.5 Å². The van der Waals surface area contributed by atoms with Crippen LogP contribution in [0.4, 0.5) is 21.6 Å². The maximum atomic E-state index is 16.3. The van der Waals surface area contributed by atoms with Gasteiger partial charge in [0.2, 0.25) is 0 Å². The molecule has 0 unspecified atom stereocenters. The summed E-state index contributed by atoms with van der Waals surface area (Å²) < 4.78 is 16.3. The lowest BCUT2D eigenvalue weighted by molar-refractivity contribution is 0.343. The summed E-state index contributed by atoms with van der Waals surface area (Å²) in [6.07, 6.45) is 5.33. The van der Waals surface area contributed by atoms with Crippen LogP contribution >= 0.6 is 0 Å². The first-order valence-electron chi connectivity index (χ1n) is 12.3. The van der Waals surface area contributed by atoms with Gasteiger partial charge in [-0.05, 0) is 89.0 Å². The van der Waals surface area contributed by atoms with Crippen molar-refractivity contribution in [1.29, 1.82) is 5.26 Å². The maximum absolute atomic E-state index is 16.3. The van der Waals surface area contributed by atoms with Crippen LogP contribution in [0.2, 0.25) is 0 Å². The van der Waals surface area contributed by atoms with E-state index < -0.39 is 0 Å². The number of benzene rings is 2. The van der Waals surface area contributed by atoms with E-state index >= 15 is 4.39 Å². The average Bonchev–Trinajstić information content (AvgIpc) is 3.10. The predicted molar refractivity (Wildman–Crippen MR) is 139 cm³/mol. The van der Waals surface area contributed by atoms with E-state index in [2.05, 4.69) is 56.8 Å². The van der Waals surface area contributed by atoms with Gasteiger partial charge >= 0.3 is 0 Å². The number of unbranched alkanes of at least 4 members (excludes halogenated alkanes) is 1. The van der Waals surface area contributed by atoms with Crippen LogP contribution in [-0.2, 0) is 12.8 Å². The quantitative estimate of drug-likeness (QED) is 0.385. The minimum atomic E-state index is -0.159. The Hall–Kier alpha value is -3.17. The molecule has 1 aromatic heterocycles. The topological polar surface area (TPSA) is 58.4 Å². The van der Waals surface area contributed by atoms with Crippen molar-refractivity contribution in [3.8, 4) is 6.07 Å². The number of hydrogen-bond acceptors (Lipinski definition) is 4. The smallest absolute Gasteiger partial charge is 0.152 e. The van der Waals surface area contributed by atoms with Crippen LogP contribution < -0.4 is 4.90 Å². The number of aryl methyl sites for hydroxylation is 1. The third-order valence-corrected chi connectivity index (χ3v) is 6.83. The van der Waals surface area contributed by atoms with Crippen molar-refractivity contribution in [3.05, 3.63) is 52.3 Å². The lowest BCUT2D eigenvalue weighted by atomic mass is 9.96. The number of halogens is 1. The normalized spacial score (nSPS) is 12.9. The molecule has 6 heteroatoms. The summed E-state index contributed by atoms with van der Waals surface area (Å²) in [5, 5.41) is 10.3. The summed E-state index contributed by atoms with van der Waals surface area (Å²) in [5.41, 5.74) is 5.43. The molecular formula is C28H34FN5. The first-order valence-corrected chi connectivity index (χ1v) is 12.3. The van der Waals surface area contributed by atoms with Crippen molar-refractivity contribution in [1.82, 2.24) is 9.88 Å². The molecule has 2 aromatic carbocycles. The van der Waals surface area contributed by atoms with Crippen LogP contribution in [0.1, 0.15) is 62.8 Å². The minimum Gasteiger partial charge on any atom is -0.341 e. The number of aromatic nitrogens is 1. The Morgan fingerprint density at radius 3 is 2.68 bits per heavy atom. The van der Waals surface area contributed by atoms with E-state index in [1.54, 1.807) is 0 Å². The van der Waals surface area contributed by atoms with Gasteiger partial charge in [-0.1, -0.05) is 19.9 Å². The number of rotatable bonds is 8. The van der Waals surface area contributed by atoms with Crippen LogP contribution in [0.25, 0.3) is 10.9 Å². The van der Waals surface area contributed by atoms with Crippen LogP contribution in [0.15, 0.2) is 29.3 Å². The molecule has 1 N–H and O–H groups in total. The predicted octanol–water partition coefficient (Wildman–Crippen LogP) is 6.63. The molecule has 1 aliphatic rings. The zero-order chi connectivity index (χ0) is 24.4. The zero-order valence-electron chi connectivity index (χ0n) is 20.9. The maximum Gasteiger partial charge on any atom is 0.152 e. The lowest BCUT2D eigenvalue weighted by Gasteiger charge is -2.30. The summed E-state index contributed by atoms with van der Waals surface area (Å²) in [4.78, 5) is 12.6. The van der Waals surface area contributed by atoms with E-state index in [9.17, 15) is 5.26 Å². The fourth-order valence-electron chi connectivity index (χ4n) is 4.83. The van der Waals surface area contributed by atoms with E-state index in [-0.39, 0.29) is 11.9 Å². The van der Waals surface area contributed by atoms with Crippen LogP contribution in [-0.4, -0.2) is 42.3 Å². The Morgan fingerprint density at radius 2 is 2.00 bits per heavy atom. The lowest BCUT2D eigenvalue weighted by Crippen LogP contribution is -2.27. The molecule has 1 aliphatic heterocycles. The van der Waals surface area contributed by atoms with Gasteiger partial charge < -0.3 is 14.8 Å². The van der Waals surface area contributed by atoms with Gasteiger partial charge in [0.05, 0.1) is 17.3 Å². The van der Waals surface area contributed by atoms with E-state index in [1.165, 1.54) is 0 Å².